The number of thiazole rings is 1. The van der Waals surface area contributed by atoms with Gasteiger partial charge in [0.15, 0.2) is 5.13 Å². The Bertz CT molecular complexity index is 1060. The molecule has 2 N–H and O–H groups in total. The van der Waals surface area contributed by atoms with Crippen LogP contribution in [0.25, 0.3) is 0 Å². The second kappa shape index (κ2) is 11.1. The fourth-order valence-electron chi connectivity index (χ4n) is 4.46. The summed E-state index contributed by atoms with van der Waals surface area (Å²) in [7, 11) is 0. The predicted octanol–water partition coefficient (Wildman–Crippen LogP) is 3.12. The SMILES string of the molecule is O=C(Nc1ccc(CN2CCN(Cc3ccccc3)CC2)cc1)c1cnc(N2CCNCC2)s1. The maximum atomic E-state index is 12.7. The van der Waals surface area contributed by atoms with Crippen LogP contribution in [0, 0.1) is 0 Å². The smallest absolute Gasteiger partial charge is 0.267 e. The lowest BCUT2D eigenvalue weighted by molar-refractivity contribution is 0.103. The zero-order valence-corrected chi connectivity index (χ0v) is 20.3. The van der Waals surface area contributed by atoms with Crippen molar-refractivity contribution >= 4 is 28.1 Å². The van der Waals surface area contributed by atoms with Crippen LogP contribution in [0.2, 0.25) is 0 Å². The Labute approximate surface area is 205 Å². The van der Waals surface area contributed by atoms with Gasteiger partial charge in [-0.3, -0.25) is 14.6 Å². The van der Waals surface area contributed by atoms with Crippen LogP contribution < -0.4 is 15.5 Å². The molecule has 2 saturated heterocycles. The van der Waals surface area contributed by atoms with E-state index in [2.05, 4.69) is 72.8 Å². The molecule has 0 aliphatic carbocycles. The van der Waals surface area contributed by atoms with Gasteiger partial charge in [-0.2, -0.15) is 0 Å². The summed E-state index contributed by atoms with van der Waals surface area (Å²) in [5.41, 5.74) is 3.47. The van der Waals surface area contributed by atoms with E-state index in [-0.39, 0.29) is 5.91 Å². The van der Waals surface area contributed by atoms with Gasteiger partial charge in [-0.05, 0) is 23.3 Å². The number of aromatic nitrogens is 1. The number of benzene rings is 2. The highest BCUT2D eigenvalue weighted by Gasteiger charge is 2.18. The fourth-order valence-corrected chi connectivity index (χ4v) is 5.33. The van der Waals surface area contributed by atoms with Crippen molar-refractivity contribution in [1.29, 1.82) is 0 Å². The van der Waals surface area contributed by atoms with Gasteiger partial charge >= 0.3 is 0 Å². The van der Waals surface area contributed by atoms with E-state index < -0.39 is 0 Å². The Morgan fingerprint density at radius 3 is 2.12 bits per heavy atom. The normalized spacial score (nSPS) is 17.6. The van der Waals surface area contributed by atoms with E-state index in [9.17, 15) is 4.79 Å². The maximum Gasteiger partial charge on any atom is 0.267 e. The number of anilines is 2. The number of amides is 1. The standard InChI is InChI=1S/C26H32N6OS/c33-25(24-18-28-26(34-24)32-12-10-27-11-13-32)29-23-8-6-22(7-9-23)20-31-16-14-30(15-17-31)19-21-4-2-1-3-5-21/h1-9,18,27H,10-17,19-20H2,(H,29,33). The highest BCUT2D eigenvalue weighted by atomic mass is 32.1. The second-order valence-corrected chi connectivity index (χ2v) is 9.94. The Balaban J connectivity index is 1.08. The molecule has 2 fully saturated rings. The van der Waals surface area contributed by atoms with Crippen LogP contribution in [-0.4, -0.2) is 73.0 Å². The summed E-state index contributed by atoms with van der Waals surface area (Å²) in [6, 6.07) is 18.9. The van der Waals surface area contributed by atoms with Gasteiger partial charge in [0.2, 0.25) is 0 Å². The first-order valence-corrected chi connectivity index (χ1v) is 12.8. The van der Waals surface area contributed by atoms with Crippen LogP contribution in [0.4, 0.5) is 10.8 Å². The topological polar surface area (TPSA) is 63.7 Å². The average Bonchev–Trinajstić information content (AvgIpc) is 3.38. The van der Waals surface area contributed by atoms with Gasteiger partial charge in [0.25, 0.3) is 5.91 Å². The lowest BCUT2D eigenvalue weighted by Crippen LogP contribution is -2.45. The van der Waals surface area contributed by atoms with Crippen molar-refractivity contribution in [3.05, 3.63) is 76.8 Å². The molecule has 8 heteroatoms. The zero-order valence-electron chi connectivity index (χ0n) is 19.4. The summed E-state index contributed by atoms with van der Waals surface area (Å²) in [4.78, 5) is 25.1. The van der Waals surface area contributed by atoms with Crippen molar-refractivity contribution in [2.45, 2.75) is 13.1 Å². The van der Waals surface area contributed by atoms with E-state index in [1.54, 1.807) is 6.20 Å². The third-order valence-corrected chi connectivity index (χ3v) is 7.49. The summed E-state index contributed by atoms with van der Waals surface area (Å²) < 4.78 is 0. The first-order valence-electron chi connectivity index (χ1n) is 12.0. The maximum absolute atomic E-state index is 12.7. The number of hydrogen-bond donors (Lipinski definition) is 2. The van der Waals surface area contributed by atoms with Crippen molar-refractivity contribution in [1.82, 2.24) is 20.1 Å². The molecule has 3 aromatic rings. The third-order valence-electron chi connectivity index (χ3n) is 6.44. The molecule has 1 aromatic heterocycles. The minimum Gasteiger partial charge on any atom is -0.346 e. The van der Waals surface area contributed by atoms with Gasteiger partial charge in [-0.15, -0.1) is 0 Å². The Morgan fingerprint density at radius 1 is 0.853 bits per heavy atom. The Hall–Kier alpha value is -2.78. The number of carbonyl (C=O) groups excluding carboxylic acids is 1. The first-order chi connectivity index (χ1) is 16.7. The average molecular weight is 477 g/mol. The molecular formula is C26H32N6OS. The van der Waals surface area contributed by atoms with Gasteiger partial charge in [-0.25, -0.2) is 4.98 Å². The lowest BCUT2D eigenvalue weighted by atomic mass is 10.1. The van der Waals surface area contributed by atoms with Crippen molar-refractivity contribution in [3.8, 4) is 0 Å². The van der Waals surface area contributed by atoms with E-state index in [0.29, 0.717) is 4.88 Å². The largest absolute Gasteiger partial charge is 0.346 e. The van der Waals surface area contributed by atoms with Crippen molar-refractivity contribution < 1.29 is 4.79 Å². The number of nitrogens with one attached hydrogen (secondary N) is 2. The van der Waals surface area contributed by atoms with E-state index in [0.717, 1.165) is 76.3 Å². The van der Waals surface area contributed by atoms with E-state index in [1.807, 2.05) is 12.1 Å². The predicted molar refractivity (Wildman–Crippen MR) is 139 cm³/mol. The number of carbonyl (C=O) groups is 1. The first kappa shape index (κ1) is 23.0. The summed E-state index contributed by atoms with van der Waals surface area (Å²) in [6.07, 6.45) is 1.68. The number of hydrogen-bond acceptors (Lipinski definition) is 7. The summed E-state index contributed by atoms with van der Waals surface area (Å²) >= 11 is 1.46. The minimum absolute atomic E-state index is 0.0961. The summed E-state index contributed by atoms with van der Waals surface area (Å²) in [5.74, 6) is -0.0961. The molecule has 1 amide bonds. The number of rotatable bonds is 7. The molecule has 178 valence electrons. The van der Waals surface area contributed by atoms with Crippen LogP contribution in [0.3, 0.4) is 0 Å². The van der Waals surface area contributed by atoms with Crippen LogP contribution in [0.15, 0.2) is 60.8 Å². The summed E-state index contributed by atoms with van der Waals surface area (Å²) in [5, 5.41) is 7.28. The van der Waals surface area contributed by atoms with Crippen molar-refractivity contribution in [2.24, 2.45) is 0 Å². The molecule has 2 aromatic carbocycles. The molecule has 0 radical (unpaired) electrons. The molecule has 7 nitrogen and oxygen atoms in total. The van der Waals surface area contributed by atoms with Gasteiger partial charge in [0.1, 0.15) is 4.88 Å². The molecule has 0 unspecified atom stereocenters. The second-order valence-electron chi connectivity index (χ2n) is 8.93. The highest BCUT2D eigenvalue weighted by Crippen LogP contribution is 2.24. The Kier molecular flexibility index (Phi) is 7.50. The van der Waals surface area contributed by atoms with Crippen LogP contribution in [-0.2, 0) is 13.1 Å². The van der Waals surface area contributed by atoms with Crippen molar-refractivity contribution in [2.75, 3.05) is 62.6 Å². The van der Waals surface area contributed by atoms with E-state index in [4.69, 9.17) is 0 Å². The van der Waals surface area contributed by atoms with Crippen LogP contribution in [0.1, 0.15) is 20.8 Å². The van der Waals surface area contributed by atoms with Crippen LogP contribution in [0.5, 0.6) is 0 Å². The molecular weight excluding hydrogens is 444 g/mol. The molecule has 34 heavy (non-hydrogen) atoms. The van der Waals surface area contributed by atoms with Gasteiger partial charge < -0.3 is 15.5 Å². The van der Waals surface area contributed by atoms with Gasteiger partial charge in [0.05, 0.1) is 6.20 Å². The molecule has 2 aliphatic heterocycles. The molecule has 0 bridgehead atoms. The molecule has 3 heterocycles. The number of nitrogens with zero attached hydrogens (tertiary/aromatic N) is 4. The van der Waals surface area contributed by atoms with Gasteiger partial charge in [0, 0.05) is 71.1 Å². The van der Waals surface area contributed by atoms with E-state index in [1.165, 1.54) is 22.5 Å². The Morgan fingerprint density at radius 2 is 1.47 bits per heavy atom. The minimum atomic E-state index is -0.0961. The molecule has 2 aliphatic rings. The van der Waals surface area contributed by atoms with Crippen LogP contribution >= 0.6 is 11.3 Å². The fraction of sp³-hybridized carbons (Fsp3) is 0.385. The molecule has 0 atom stereocenters. The lowest BCUT2D eigenvalue weighted by Gasteiger charge is -2.34. The zero-order chi connectivity index (χ0) is 23.2. The highest BCUT2D eigenvalue weighted by molar-refractivity contribution is 7.17. The van der Waals surface area contributed by atoms with Gasteiger partial charge in [-0.1, -0.05) is 53.8 Å². The number of piperazine rings is 2. The molecule has 0 spiro atoms. The third kappa shape index (κ3) is 6.01. The quantitative estimate of drug-likeness (QED) is 0.546. The molecule has 5 rings (SSSR count). The monoisotopic (exact) mass is 476 g/mol. The molecule has 0 saturated carbocycles. The van der Waals surface area contributed by atoms with E-state index >= 15 is 0 Å². The summed E-state index contributed by atoms with van der Waals surface area (Å²) in [6.45, 7) is 10.1. The van der Waals surface area contributed by atoms with Crippen molar-refractivity contribution in [3.63, 3.8) is 0 Å².